The van der Waals surface area contributed by atoms with E-state index in [-0.39, 0.29) is 6.07 Å². The molecule has 9 heteroatoms. The van der Waals surface area contributed by atoms with Gasteiger partial charge in [-0.05, 0) is 0 Å². The van der Waals surface area contributed by atoms with Crippen LogP contribution in [0.4, 0.5) is 22.0 Å². The second-order valence-electron chi connectivity index (χ2n) is 3.49. The average molecular weight is 285 g/mol. The standard InChI is InChI=1S/C10H8F5NO3/c1-19-7(18)3-4-8(10(13,14)15)6(17)2-5(16-4)9(11)12/h2,9H,3H2,1H3,(H,16,17). The SMILES string of the molecule is COC(=O)Cc1[nH]c(C(F)F)cc(=O)c1C(F)(F)F. The number of carbonyl (C=O) groups is 1. The van der Waals surface area contributed by atoms with Crippen molar-refractivity contribution < 1.29 is 31.5 Å². The number of halogens is 5. The first-order valence-electron chi connectivity index (χ1n) is 4.85. The Balaban J connectivity index is 3.45. The van der Waals surface area contributed by atoms with E-state index in [4.69, 9.17) is 0 Å². The number of pyridine rings is 1. The van der Waals surface area contributed by atoms with Crippen LogP contribution in [0.25, 0.3) is 0 Å². The highest BCUT2D eigenvalue weighted by molar-refractivity contribution is 5.72. The van der Waals surface area contributed by atoms with Crippen molar-refractivity contribution >= 4 is 5.97 Å². The first-order valence-corrected chi connectivity index (χ1v) is 4.85. The van der Waals surface area contributed by atoms with Crippen LogP contribution in [0.3, 0.4) is 0 Å². The minimum Gasteiger partial charge on any atom is -0.469 e. The molecule has 4 nitrogen and oxygen atoms in total. The lowest BCUT2D eigenvalue weighted by Gasteiger charge is -2.13. The topological polar surface area (TPSA) is 59.2 Å². The lowest BCUT2D eigenvalue weighted by atomic mass is 10.1. The number of hydrogen-bond acceptors (Lipinski definition) is 3. The lowest BCUT2D eigenvalue weighted by molar-refractivity contribution is -0.142. The van der Waals surface area contributed by atoms with E-state index in [9.17, 15) is 31.5 Å². The molecule has 0 saturated carbocycles. The number of alkyl halides is 5. The van der Waals surface area contributed by atoms with Crippen LogP contribution in [0.2, 0.25) is 0 Å². The quantitative estimate of drug-likeness (QED) is 0.683. The van der Waals surface area contributed by atoms with Crippen LogP contribution in [0.15, 0.2) is 10.9 Å². The van der Waals surface area contributed by atoms with Gasteiger partial charge >= 0.3 is 12.1 Å². The fourth-order valence-electron chi connectivity index (χ4n) is 1.41. The Morgan fingerprint density at radius 2 is 2.00 bits per heavy atom. The number of ether oxygens (including phenoxy) is 1. The monoisotopic (exact) mass is 285 g/mol. The maximum absolute atomic E-state index is 12.6. The van der Waals surface area contributed by atoms with Crippen LogP contribution < -0.4 is 5.43 Å². The van der Waals surface area contributed by atoms with E-state index in [1.165, 1.54) is 0 Å². The van der Waals surface area contributed by atoms with E-state index in [2.05, 4.69) is 4.74 Å². The van der Waals surface area contributed by atoms with Gasteiger partial charge in [0.05, 0.1) is 19.2 Å². The second-order valence-corrected chi connectivity index (χ2v) is 3.49. The van der Waals surface area contributed by atoms with Crippen molar-refractivity contribution in [1.29, 1.82) is 0 Å². The Kier molecular flexibility index (Phi) is 4.28. The van der Waals surface area contributed by atoms with E-state index >= 15 is 0 Å². The van der Waals surface area contributed by atoms with Crippen LogP contribution in [0.5, 0.6) is 0 Å². The minimum atomic E-state index is -5.06. The van der Waals surface area contributed by atoms with Gasteiger partial charge in [-0.15, -0.1) is 0 Å². The first-order chi connectivity index (χ1) is 8.66. The smallest absolute Gasteiger partial charge is 0.421 e. The molecule has 1 aromatic rings. The first kappa shape index (κ1) is 15.1. The van der Waals surface area contributed by atoms with Crippen LogP contribution in [0.1, 0.15) is 23.4 Å². The predicted molar refractivity (Wildman–Crippen MR) is 52.7 cm³/mol. The predicted octanol–water partition coefficient (Wildman–Crippen LogP) is 2.05. The summed E-state index contributed by atoms with van der Waals surface area (Å²) in [4.78, 5) is 24.0. The van der Waals surface area contributed by atoms with Crippen molar-refractivity contribution in [3.8, 4) is 0 Å². The molecule has 0 unspecified atom stereocenters. The third-order valence-electron chi connectivity index (χ3n) is 2.20. The molecule has 1 rings (SSSR count). The fourth-order valence-corrected chi connectivity index (χ4v) is 1.41. The van der Waals surface area contributed by atoms with Gasteiger partial charge in [-0.2, -0.15) is 13.2 Å². The largest absolute Gasteiger partial charge is 0.469 e. The summed E-state index contributed by atoms with van der Waals surface area (Å²) in [6.07, 6.45) is -9.18. The number of esters is 1. The number of carbonyl (C=O) groups excluding carboxylic acids is 1. The highest BCUT2D eigenvalue weighted by atomic mass is 19.4. The molecule has 0 atom stereocenters. The van der Waals surface area contributed by atoms with Gasteiger partial charge in [0, 0.05) is 11.8 Å². The molecule has 0 saturated heterocycles. The maximum atomic E-state index is 12.6. The molecule has 0 spiro atoms. The summed E-state index contributed by atoms with van der Waals surface area (Å²) in [6, 6.07) is 0.161. The molecular weight excluding hydrogens is 277 g/mol. The molecular formula is C10H8F5NO3. The number of aromatic nitrogens is 1. The van der Waals surface area contributed by atoms with Crippen molar-refractivity contribution in [1.82, 2.24) is 4.98 Å². The maximum Gasteiger partial charge on any atom is 0.421 e. The Hall–Kier alpha value is -1.93. The molecule has 0 aliphatic carbocycles. The van der Waals surface area contributed by atoms with E-state index in [1.807, 2.05) is 0 Å². The normalized spacial score (nSPS) is 11.7. The van der Waals surface area contributed by atoms with E-state index in [0.717, 1.165) is 7.11 Å². The second kappa shape index (κ2) is 5.37. The van der Waals surface area contributed by atoms with Crippen molar-refractivity contribution in [2.75, 3.05) is 7.11 Å². The molecule has 0 aromatic carbocycles. The van der Waals surface area contributed by atoms with Crippen molar-refractivity contribution in [2.45, 2.75) is 19.0 Å². The third-order valence-corrected chi connectivity index (χ3v) is 2.20. The van der Waals surface area contributed by atoms with Gasteiger partial charge in [-0.25, -0.2) is 8.78 Å². The van der Waals surface area contributed by atoms with Gasteiger partial charge in [0.15, 0.2) is 5.43 Å². The molecule has 1 N–H and O–H groups in total. The number of methoxy groups -OCH3 is 1. The molecule has 1 aromatic heterocycles. The molecule has 19 heavy (non-hydrogen) atoms. The Bertz CT molecular complexity index is 535. The highest BCUT2D eigenvalue weighted by Crippen LogP contribution is 2.30. The molecule has 0 aliphatic heterocycles. The molecule has 106 valence electrons. The molecule has 0 amide bonds. The molecule has 0 fully saturated rings. The van der Waals surface area contributed by atoms with Gasteiger partial charge in [0.1, 0.15) is 5.56 Å². The van der Waals surface area contributed by atoms with Gasteiger partial charge in [-0.3, -0.25) is 9.59 Å². The van der Waals surface area contributed by atoms with E-state index < -0.39 is 47.4 Å². The van der Waals surface area contributed by atoms with Crippen LogP contribution >= 0.6 is 0 Å². The summed E-state index contributed by atoms with van der Waals surface area (Å²) < 4.78 is 66.9. The summed E-state index contributed by atoms with van der Waals surface area (Å²) >= 11 is 0. The van der Waals surface area contributed by atoms with E-state index in [1.54, 1.807) is 4.98 Å². The van der Waals surface area contributed by atoms with Crippen LogP contribution in [-0.4, -0.2) is 18.1 Å². The highest BCUT2D eigenvalue weighted by Gasteiger charge is 2.38. The van der Waals surface area contributed by atoms with E-state index in [0.29, 0.717) is 0 Å². The molecule has 1 heterocycles. The van der Waals surface area contributed by atoms with Gasteiger partial charge in [0.2, 0.25) is 0 Å². The summed E-state index contributed by atoms with van der Waals surface area (Å²) in [7, 11) is 0.921. The summed E-state index contributed by atoms with van der Waals surface area (Å²) in [5, 5.41) is 0. The number of nitrogens with one attached hydrogen (secondary N) is 1. The Labute approximate surface area is 103 Å². The minimum absolute atomic E-state index is 0.161. The Morgan fingerprint density at radius 3 is 2.42 bits per heavy atom. The number of aromatic amines is 1. The zero-order valence-corrected chi connectivity index (χ0v) is 9.48. The summed E-state index contributed by atoms with van der Waals surface area (Å²) in [5.41, 5.74) is -5.23. The van der Waals surface area contributed by atoms with Crippen molar-refractivity contribution in [3.63, 3.8) is 0 Å². The number of hydrogen-bond donors (Lipinski definition) is 1. The summed E-state index contributed by atoms with van der Waals surface area (Å²) in [5.74, 6) is -1.09. The van der Waals surface area contributed by atoms with Crippen LogP contribution in [0, 0.1) is 0 Å². The third kappa shape index (κ3) is 3.52. The van der Waals surface area contributed by atoms with Crippen molar-refractivity contribution in [2.24, 2.45) is 0 Å². The number of H-pyrrole nitrogens is 1. The zero-order valence-electron chi connectivity index (χ0n) is 9.48. The summed E-state index contributed by atoms with van der Waals surface area (Å²) in [6.45, 7) is 0. The van der Waals surface area contributed by atoms with Gasteiger partial charge in [-0.1, -0.05) is 0 Å². The zero-order chi connectivity index (χ0) is 14.8. The van der Waals surface area contributed by atoms with Crippen molar-refractivity contribution in [3.05, 3.63) is 33.2 Å². The van der Waals surface area contributed by atoms with Gasteiger partial charge < -0.3 is 9.72 Å². The average Bonchev–Trinajstić information content (AvgIpc) is 2.25. The lowest BCUT2D eigenvalue weighted by Crippen LogP contribution is -2.25. The number of rotatable bonds is 3. The van der Waals surface area contributed by atoms with Crippen LogP contribution in [-0.2, 0) is 22.1 Å². The Morgan fingerprint density at radius 1 is 1.42 bits per heavy atom. The fraction of sp³-hybridized carbons (Fsp3) is 0.400. The molecule has 0 bridgehead atoms. The molecule has 0 radical (unpaired) electrons. The van der Waals surface area contributed by atoms with Gasteiger partial charge in [0.25, 0.3) is 6.43 Å². The molecule has 0 aliphatic rings.